The highest BCUT2D eigenvalue weighted by molar-refractivity contribution is 6.33. The Kier molecular flexibility index (Phi) is 4.39. The Hall–Kier alpha value is -2.66. The Bertz CT molecular complexity index is 817. The molecule has 0 saturated heterocycles. The molecular weight excluding hydrogens is 319 g/mol. The molecule has 0 amide bonds. The molecule has 1 heterocycles. The number of benzene rings is 2. The summed E-state index contributed by atoms with van der Waals surface area (Å²) < 4.78 is 19.9. The van der Waals surface area contributed by atoms with Gasteiger partial charge >= 0.3 is 5.97 Å². The fraction of sp³-hybridized carbons (Fsp3) is 0.0588. The van der Waals surface area contributed by atoms with Crippen LogP contribution in [0.5, 0.6) is 0 Å². The normalized spacial score (nSPS) is 10.5. The van der Waals surface area contributed by atoms with Gasteiger partial charge in [-0.1, -0.05) is 23.7 Å². The average molecular weight is 331 g/mol. The van der Waals surface area contributed by atoms with Gasteiger partial charge in [-0.25, -0.2) is 13.9 Å². The SMILES string of the molecule is O=C(OCc1ccc(-n2cccn2)cc1)c1ccc(F)cc1Cl. The number of carbonyl (C=O) groups is 1. The van der Waals surface area contributed by atoms with Crippen LogP contribution in [0.3, 0.4) is 0 Å². The molecule has 0 atom stereocenters. The molecule has 0 aliphatic heterocycles. The van der Waals surface area contributed by atoms with Crippen LogP contribution in [0.2, 0.25) is 5.02 Å². The summed E-state index contributed by atoms with van der Waals surface area (Å²) in [5.41, 5.74) is 1.88. The van der Waals surface area contributed by atoms with Crippen LogP contribution < -0.4 is 0 Å². The Morgan fingerprint density at radius 3 is 2.65 bits per heavy atom. The molecule has 0 spiro atoms. The molecule has 116 valence electrons. The average Bonchev–Trinajstić information content (AvgIpc) is 3.07. The van der Waals surface area contributed by atoms with Crippen LogP contribution >= 0.6 is 11.6 Å². The quantitative estimate of drug-likeness (QED) is 0.679. The van der Waals surface area contributed by atoms with Crippen molar-refractivity contribution < 1.29 is 13.9 Å². The molecule has 6 heteroatoms. The van der Waals surface area contributed by atoms with E-state index >= 15 is 0 Å². The minimum atomic E-state index is -0.592. The van der Waals surface area contributed by atoms with Crippen LogP contribution in [0.4, 0.5) is 4.39 Å². The second-order valence-corrected chi connectivity index (χ2v) is 5.22. The zero-order valence-electron chi connectivity index (χ0n) is 11.9. The summed E-state index contributed by atoms with van der Waals surface area (Å²) in [6, 6.07) is 12.8. The Morgan fingerprint density at radius 1 is 1.22 bits per heavy atom. The van der Waals surface area contributed by atoms with E-state index in [0.717, 1.165) is 17.3 Å². The van der Waals surface area contributed by atoms with Gasteiger partial charge in [-0.15, -0.1) is 0 Å². The summed E-state index contributed by atoms with van der Waals surface area (Å²) in [6.45, 7) is 0.103. The van der Waals surface area contributed by atoms with E-state index in [1.54, 1.807) is 10.9 Å². The van der Waals surface area contributed by atoms with Gasteiger partial charge in [-0.2, -0.15) is 5.10 Å². The zero-order chi connectivity index (χ0) is 16.2. The zero-order valence-corrected chi connectivity index (χ0v) is 12.7. The molecule has 3 aromatic rings. The van der Waals surface area contributed by atoms with Crippen LogP contribution in [-0.4, -0.2) is 15.7 Å². The maximum atomic E-state index is 13.0. The predicted octanol–water partition coefficient (Wildman–Crippen LogP) is 4.02. The summed E-state index contributed by atoms with van der Waals surface area (Å²) in [5, 5.41) is 4.16. The number of halogens is 2. The molecular formula is C17H12ClFN2O2. The molecule has 0 radical (unpaired) electrons. The number of aromatic nitrogens is 2. The van der Waals surface area contributed by atoms with E-state index in [1.165, 1.54) is 12.1 Å². The fourth-order valence-electron chi connectivity index (χ4n) is 2.05. The fourth-order valence-corrected chi connectivity index (χ4v) is 2.29. The lowest BCUT2D eigenvalue weighted by molar-refractivity contribution is 0.0473. The number of rotatable bonds is 4. The lowest BCUT2D eigenvalue weighted by Crippen LogP contribution is -2.06. The van der Waals surface area contributed by atoms with Gasteiger partial charge in [-0.05, 0) is 42.0 Å². The van der Waals surface area contributed by atoms with Crippen molar-refractivity contribution in [2.45, 2.75) is 6.61 Å². The van der Waals surface area contributed by atoms with Crippen molar-refractivity contribution in [2.24, 2.45) is 0 Å². The number of carbonyl (C=O) groups excluding carboxylic acids is 1. The van der Waals surface area contributed by atoms with Crippen molar-refractivity contribution >= 4 is 17.6 Å². The number of nitrogens with zero attached hydrogens (tertiary/aromatic N) is 2. The van der Waals surface area contributed by atoms with Crippen LogP contribution in [0, 0.1) is 5.82 Å². The summed E-state index contributed by atoms with van der Waals surface area (Å²) in [5.74, 6) is -1.09. The third kappa shape index (κ3) is 3.57. The number of ether oxygens (including phenoxy) is 1. The number of esters is 1. The van der Waals surface area contributed by atoms with E-state index in [0.29, 0.717) is 0 Å². The molecule has 0 N–H and O–H groups in total. The van der Waals surface area contributed by atoms with E-state index in [4.69, 9.17) is 16.3 Å². The highest BCUT2D eigenvalue weighted by Crippen LogP contribution is 2.19. The molecule has 0 aliphatic carbocycles. The first-order chi connectivity index (χ1) is 11.1. The molecule has 2 aromatic carbocycles. The van der Waals surface area contributed by atoms with E-state index in [9.17, 15) is 9.18 Å². The van der Waals surface area contributed by atoms with Crippen molar-refractivity contribution in [3.05, 3.63) is 82.9 Å². The van der Waals surface area contributed by atoms with Crippen LogP contribution in [0.15, 0.2) is 60.9 Å². The van der Waals surface area contributed by atoms with E-state index in [2.05, 4.69) is 5.10 Å². The molecule has 1 aromatic heterocycles. The van der Waals surface area contributed by atoms with E-state index in [1.807, 2.05) is 36.5 Å². The van der Waals surface area contributed by atoms with Crippen molar-refractivity contribution in [3.8, 4) is 5.69 Å². The maximum Gasteiger partial charge on any atom is 0.339 e. The minimum Gasteiger partial charge on any atom is -0.457 e. The molecule has 0 bridgehead atoms. The molecule has 0 aliphatic rings. The van der Waals surface area contributed by atoms with Crippen molar-refractivity contribution in [1.29, 1.82) is 0 Å². The van der Waals surface area contributed by atoms with Gasteiger partial charge in [0.15, 0.2) is 0 Å². The van der Waals surface area contributed by atoms with Gasteiger partial charge in [0.05, 0.1) is 16.3 Å². The molecule has 0 unspecified atom stereocenters. The molecule has 3 rings (SSSR count). The first-order valence-electron chi connectivity index (χ1n) is 6.84. The van der Waals surface area contributed by atoms with Gasteiger partial charge < -0.3 is 4.74 Å². The van der Waals surface area contributed by atoms with Crippen LogP contribution in [0.1, 0.15) is 15.9 Å². The smallest absolute Gasteiger partial charge is 0.339 e. The highest BCUT2D eigenvalue weighted by atomic mass is 35.5. The third-order valence-corrected chi connectivity index (χ3v) is 3.54. The van der Waals surface area contributed by atoms with Gasteiger partial charge in [0.1, 0.15) is 12.4 Å². The highest BCUT2D eigenvalue weighted by Gasteiger charge is 2.12. The largest absolute Gasteiger partial charge is 0.457 e. The topological polar surface area (TPSA) is 44.1 Å². The van der Waals surface area contributed by atoms with E-state index in [-0.39, 0.29) is 17.2 Å². The molecule has 4 nitrogen and oxygen atoms in total. The molecule has 23 heavy (non-hydrogen) atoms. The van der Waals surface area contributed by atoms with Gasteiger partial charge in [0.2, 0.25) is 0 Å². The summed E-state index contributed by atoms with van der Waals surface area (Å²) in [4.78, 5) is 12.0. The van der Waals surface area contributed by atoms with Crippen LogP contribution in [-0.2, 0) is 11.3 Å². The van der Waals surface area contributed by atoms with Gasteiger partial charge in [0, 0.05) is 12.4 Å². The van der Waals surface area contributed by atoms with Gasteiger partial charge in [0.25, 0.3) is 0 Å². The van der Waals surface area contributed by atoms with Crippen molar-refractivity contribution in [2.75, 3.05) is 0 Å². The monoisotopic (exact) mass is 330 g/mol. The Morgan fingerprint density at radius 2 is 2.00 bits per heavy atom. The Labute approximate surface area is 137 Å². The predicted molar refractivity (Wildman–Crippen MR) is 84.1 cm³/mol. The Balaban J connectivity index is 1.65. The van der Waals surface area contributed by atoms with Crippen molar-refractivity contribution in [1.82, 2.24) is 9.78 Å². The first-order valence-corrected chi connectivity index (χ1v) is 7.22. The second kappa shape index (κ2) is 6.62. The lowest BCUT2D eigenvalue weighted by Gasteiger charge is -2.07. The molecule has 0 fully saturated rings. The minimum absolute atomic E-state index is 0.0315. The lowest BCUT2D eigenvalue weighted by atomic mass is 10.2. The summed E-state index contributed by atoms with van der Waals surface area (Å²) >= 11 is 5.83. The van der Waals surface area contributed by atoms with Crippen molar-refractivity contribution in [3.63, 3.8) is 0 Å². The van der Waals surface area contributed by atoms with E-state index < -0.39 is 11.8 Å². The number of hydrogen-bond acceptors (Lipinski definition) is 3. The first kappa shape index (κ1) is 15.2. The summed E-state index contributed by atoms with van der Waals surface area (Å²) in [6.07, 6.45) is 3.54. The number of hydrogen-bond donors (Lipinski definition) is 0. The molecule has 0 saturated carbocycles. The second-order valence-electron chi connectivity index (χ2n) is 4.82. The van der Waals surface area contributed by atoms with Crippen LogP contribution in [0.25, 0.3) is 5.69 Å². The third-order valence-electron chi connectivity index (χ3n) is 3.23. The maximum absolute atomic E-state index is 13.0. The van der Waals surface area contributed by atoms with Gasteiger partial charge in [-0.3, -0.25) is 0 Å². The summed E-state index contributed by atoms with van der Waals surface area (Å²) in [7, 11) is 0. The standard InChI is InChI=1S/C17H12ClFN2O2/c18-16-10-13(19)4-7-15(16)17(22)23-11-12-2-5-14(6-3-12)21-9-1-8-20-21/h1-10H,11H2.